The molecule has 1 aliphatic carbocycles. The van der Waals surface area contributed by atoms with Crippen molar-refractivity contribution < 1.29 is 14.3 Å². The van der Waals surface area contributed by atoms with E-state index in [1.165, 1.54) is 43.9 Å². The summed E-state index contributed by atoms with van der Waals surface area (Å²) in [7, 11) is 2.97. The molecule has 0 bridgehead atoms. The molecule has 0 spiro atoms. The fraction of sp³-hybridized carbons (Fsp3) is 0.722. The fourth-order valence-corrected chi connectivity index (χ4v) is 4.19. The van der Waals surface area contributed by atoms with Gasteiger partial charge in [-0.15, -0.1) is 0 Å². The number of methoxy groups -OCH3 is 1. The molecule has 0 radical (unpaired) electrons. The number of rotatable bonds is 3. The maximum Gasteiger partial charge on any atom is 0.356 e. The van der Waals surface area contributed by atoms with Gasteiger partial charge in [-0.3, -0.25) is 10.00 Å². The van der Waals surface area contributed by atoms with E-state index in [0.717, 1.165) is 37.8 Å². The zero-order valence-electron chi connectivity index (χ0n) is 15.2. The first-order valence-electron chi connectivity index (χ1n) is 9.26. The summed E-state index contributed by atoms with van der Waals surface area (Å²) in [6.07, 6.45) is 9.03. The Morgan fingerprint density at radius 1 is 1.12 bits per heavy atom. The average Bonchev–Trinajstić information content (AvgIpc) is 3.02. The standard InChI is InChI=1S/C18H28N4O3/c1-21-15(17(23)25-2)12-16(20-21)19-18(24)22-10-8-14(9-11-22)13-6-4-3-5-7-13/h12-14H,3-11H2,1-2H3,(H,19,20,24). The molecule has 2 fully saturated rings. The molecule has 0 atom stereocenters. The molecule has 2 amide bonds. The molecule has 0 unspecified atom stereocenters. The van der Waals surface area contributed by atoms with Crippen LogP contribution in [0.4, 0.5) is 10.6 Å². The largest absolute Gasteiger partial charge is 0.464 e. The Morgan fingerprint density at radius 2 is 1.76 bits per heavy atom. The number of hydrogen-bond acceptors (Lipinski definition) is 4. The van der Waals surface area contributed by atoms with Gasteiger partial charge < -0.3 is 9.64 Å². The van der Waals surface area contributed by atoms with Crippen molar-refractivity contribution in [1.29, 1.82) is 0 Å². The molecule has 3 rings (SSSR count). The lowest BCUT2D eigenvalue weighted by Gasteiger charge is -2.37. The van der Waals surface area contributed by atoms with Gasteiger partial charge in [0, 0.05) is 26.2 Å². The van der Waals surface area contributed by atoms with Crippen molar-refractivity contribution in [2.75, 3.05) is 25.5 Å². The quantitative estimate of drug-likeness (QED) is 0.852. The molecule has 1 saturated carbocycles. The number of esters is 1. The molecule has 138 valence electrons. The molecule has 1 aromatic heterocycles. The van der Waals surface area contributed by atoms with Gasteiger partial charge in [-0.25, -0.2) is 9.59 Å². The number of urea groups is 1. The zero-order chi connectivity index (χ0) is 17.8. The van der Waals surface area contributed by atoms with Gasteiger partial charge in [0.2, 0.25) is 0 Å². The molecule has 1 aromatic rings. The van der Waals surface area contributed by atoms with Crippen LogP contribution >= 0.6 is 0 Å². The molecule has 1 N–H and O–H groups in total. The second-order valence-electron chi connectivity index (χ2n) is 7.18. The van der Waals surface area contributed by atoms with Crippen molar-refractivity contribution in [1.82, 2.24) is 14.7 Å². The van der Waals surface area contributed by atoms with Crippen LogP contribution in [0.1, 0.15) is 55.4 Å². The minimum Gasteiger partial charge on any atom is -0.464 e. The van der Waals surface area contributed by atoms with E-state index in [4.69, 9.17) is 4.74 Å². The molecule has 7 heteroatoms. The zero-order valence-corrected chi connectivity index (χ0v) is 15.2. The molecular weight excluding hydrogens is 320 g/mol. The number of carbonyl (C=O) groups is 2. The van der Waals surface area contributed by atoms with E-state index < -0.39 is 5.97 Å². The van der Waals surface area contributed by atoms with Crippen LogP contribution in [0.25, 0.3) is 0 Å². The Balaban J connectivity index is 1.52. The molecule has 0 aromatic carbocycles. The molecule has 25 heavy (non-hydrogen) atoms. The molecule has 2 aliphatic rings. The van der Waals surface area contributed by atoms with E-state index in [1.807, 2.05) is 4.90 Å². The topological polar surface area (TPSA) is 76.5 Å². The number of ether oxygens (including phenoxy) is 1. The number of likely N-dealkylation sites (tertiary alicyclic amines) is 1. The van der Waals surface area contributed by atoms with Gasteiger partial charge in [-0.05, 0) is 24.7 Å². The van der Waals surface area contributed by atoms with Gasteiger partial charge in [0.05, 0.1) is 7.11 Å². The first kappa shape index (κ1) is 17.8. The Morgan fingerprint density at radius 3 is 2.40 bits per heavy atom. The molecule has 7 nitrogen and oxygen atoms in total. The van der Waals surface area contributed by atoms with Gasteiger partial charge in [0.25, 0.3) is 0 Å². The second-order valence-corrected chi connectivity index (χ2v) is 7.18. The van der Waals surface area contributed by atoms with Gasteiger partial charge in [-0.1, -0.05) is 32.1 Å². The highest BCUT2D eigenvalue weighted by molar-refractivity contribution is 5.92. The van der Waals surface area contributed by atoms with Crippen LogP contribution in [0.5, 0.6) is 0 Å². The number of hydrogen-bond donors (Lipinski definition) is 1. The minimum absolute atomic E-state index is 0.142. The summed E-state index contributed by atoms with van der Waals surface area (Å²) in [5.74, 6) is 1.54. The lowest BCUT2D eigenvalue weighted by molar-refractivity contribution is 0.0588. The summed E-state index contributed by atoms with van der Waals surface area (Å²) in [5, 5.41) is 6.95. The van der Waals surface area contributed by atoms with E-state index in [2.05, 4.69) is 10.4 Å². The maximum atomic E-state index is 12.5. The van der Waals surface area contributed by atoms with E-state index in [1.54, 1.807) is 13.1 Å². The number of nitrogens with zero attached hydrogens (tertiary/aromatic N) is 3. The summed E-state index contributed by atoms with van der Waals surface area (Å²) in [6, 6.07) is 1.40. The number of aromatic nitrogens is 2. The monoisotopic (exact) mass is 348 g/mol. The average molecular weight is 348 g/mol. The summed E-state index contributed by atoms with van der Waals surface area (Å²) < 4.78 is 6.11. The predicted octanol–water partition coefficient (Wildman–Crippen LogP) is 3.03. The Labute approximate surface area is 148 Å². The lowest BCUT2D eigenvalue weighted by Crippen LogP contribution is -2.42. The highest BCUT2D eigenvalue weighted by Crippen LogP contribution is 2.35. The van der Waals surface area contributed by atoms with Gasteiger partial charge >= 0.3 is 12.0 Å². The number of nitrogens with one attached hydrogen (secondary N) is 1. The van der Waals surface area contributed by atoms with Crippen molar-refractivity contribution in [2.45, 2.75) is 44.9 Å². The normalized spacial score (nSPS) is 19.7. The van der Waals surface area contributed by atoms with E-state index in [-0.39, 0.29) is 6.03 Å². The Bertz CT molecular complexity index is 614. The smallest absolute Gasteiger partial charge is 0.356 e. The summed E-state index contributed by atoms with van der Waals surface area (Å²) in [4.78, 5) is 25.9. The highest BCUT2D eigenvalue weighted by atomic mass is 16.5. The van der Waals surface area contributed by atoms with Crippen LogP contribution in [0.3, 0.4) is 0 Å². The maximum absolute atomic E-state index is 12.5. The van der Waals surface area contributed by atoms with Crippen LogP contribution in [-0.2, 0) is 11.8 Å². The summed E-state index contributed by atoms with van der Waals surface area (Å²) in [5.41, 5.74) is 0.314. The van der Waals surface area contributed by atoms with Crippen molar-refractivity contribution in [3.8, 4) is 0 Å². The number of anilines is 1. The highest BCUT2D eigenvalue weighted by Gasteiger charge is 2.29. The number of carbonyl (C=O) groups excluding carboxylic acids is 2. The van der Waals surface area contributed by atoms with Crippen molar-refractivity contribution in [2.24, 2.45) is 18.9 Å². The third kappa shape index (κ3) is 4.14. The van der Waals surface area contributed by atoms with E-state index in [9.17, 15) is 9.59 Å². The fourth-order valence-electron chi connectivity index (χ4n) is 4.19. The second kappa shape index (κ2) is 7.89. The van der Waals surface area contributed by atoms with Crippen molar-refractivity contribution in [3.05, 3.63) is 11.8 Å². The minimum atomic E-state index is -0.469. The van der Waals surface area contributed by atoms with Crippen LogP contribution in [0.15, 0.2) is 6.07 Å². The van der Waals surface area contributed by atoms with Gasteiger partial charge in [0.15, 0.2) is 5.82 Å². The number of amides is 2. The Hall–Kier alpha value is -2.05. The van der Waals surface area contributed by atoms with Crippen LogP contribution in [-0.4, -0.2) is 46.9 Å². The SMILES string of the molecule is COC(=O)c1cc(NC(=O)N2CCC(C3CCCCC3)CC2)nn1C. The predicted molar refractivity (Wildman–Crippen MR) is 94.4 cm³/mol. The molecule has 1 aliphatic heterocycles. The summed E-state index contributed by atoms with van der Waals surface area (Å²) in [6.45, 7) is 1.59. The first-order chi connectivity index (χ1) is 12.1. The van der Waals surface area contributed by atoms with Crippen LogP contribution < -0.4 is 5.32 Å². The summed E-state index contributed by atoms with van der Waals surface area (Å²) >= 11 is 0. The number of aryl methyl sites for hydroxylation is 1. The molecule has 2 heterocycles. The first-order valence-corrected chi connectivity index (χ1v) is 9.26. The van der Waals surface area contributed by atoms with Crippen LogP contribution in [0.2, 0.25) is 0 Å². The van der Waals surface area contributed by atoms with E-state index >= 15 is 0 Å². The Kier molecular flexibility index (Phi) is 5.60. The van der Waals surface area contributed by atoms with E-state index in [0.29, 0.717) is 11.5 Å². The molecule has 1 saturated heterocycles. The lowest BCUT2D eigenvalue weighted by atomic mass is 9.76. The van der Waals surface area contributed by atoms with Crippen LogP contribution in [0, 0.1) is 11.8 Å². The number of piperidine rings is 1. The van der Waals surface area contributed by atoms with Gasteiger partial charge in [0.1, 0.15) is 5.69 Å². The van der Waals surface area contributed by atoms with Gasteiger partial charge in [-0.2, -0.15) is 5.10 Å². The van der Waals surface area contributed by atoms with Crippen molar-refractivity contribution >= 4 is 17.8 Å². The third-order valence-corrected chi connectivity index (χ3v) is 5.65. The molecular formula is C18H28N4O3. The van der Waals surface area contributed by atoms with Crippen molar-refractivity contribution in [3.63, 3.8) is 0 Å². The third-order valence-electron chi connectivity index (χ3n) is 5.65.